The van der Waals surface area contributed by atoms with Gasteiger partial charge in [-0.1, -0.05) is 12.1 Å². The highest BCUT2D eigenvalue weighted by molar-refractivity contribution is 7.89. The van der Waals surface area contributed by atoms with Gasteiger partial charge in [0, 0.05) is 19.5 Å². The lowest BCUT2D eigenvalue weighted by molar-refractivity contribution is -0.116. The Bertz CT molecular complexity index is 1060. The molecule has 1 N–H and O–H groups in total. The Morgan fingerprint density at radius 2 is 1.75 bits per heavy atom. The number of esters is 1. The van der Waals surface area contributed by atoms with Gasteiger partial charge >= 0.3 is 5.97 Å². The van der Waals surface area contributed by atoms with Crippen LogP contribution in [0.1, 0.15) is 22.3 Å². The fourth-order valence-electron chi connectivity index (χ4n) is 3.27. The highest BCUT2D eigenvalue weighted by Gasteiger charge is 2.26. The van der Waals surface area contributed by atoms with E-state index in [1.807, 2.05) is 0 Å². The van der Waals surface area contributed by atoms with Gasteiger partial charge < -0.3 is 19.5 Å². The van der Waals surface area contributed by atoms with Gasteiger partial charge in [0.2, 0.25) is 15.9 Å². The number of anilines is 1. The first-order chi connectivity index (χ1) is 15.3. The highest BCUT2D eigenvalue weighted by Crippen LogP contribution is 2.23. The maximum Gasteiger partial charge on any atom is 0.340 e. The smallest absolute Gasteiger partial charge is 0.340 e. The van der Waals surface area contributed by atoms with E-state index in [0.29, 0.717) is 44.2 Å². The summed E-state index contributed by atoms with van der Waals surface area (Å²) in [5.74, 6) is -0.405. The first kappa shape index (κ1) is 23.7. The fourth-order valence-corrected chi connectivity index (χ4v) is 4.68. The summed E-state index contributed by atoms with van der Waals surface area (Å²) >= 11 is 0. The number of sulfonamides is 1. The molecule has 1 saturated heterocycles. The van der Waals surface area contributed by atoms with Crippen molar-refractivity contribution in [3.05, 3.63) is 53.6 Å². The molecule has 0 aromatic heterocycles. The fraction of sp³-hybridized carbons (Fsp3) is 0.364. The summed E-state index contributed by atoms with van der Waals surface area (Å²) in [6, 6.07) is 11.2. The molecule has 2 aromatic rings. The summed E-state index contributed by atoms with van der Waals surface area (Å²) in [4.78, 5) is 24.6. The maximum absolute atomic E-state index is 12.7. The standard InChI is InChI=1S/C22H26N2O7S/c1-29-17-6-9-20(19(15-17)22(26)30-2)23-21(25)10-5-16-3-7-18(8-4-16)32(27,28)24-11-13-31-14-12-24/h3-4,6-9,15H,5,10-14H2,1-2H3,(H,23,25). The molecule has 0 aliphatic carbocycles. The topological polar surface area (TPSA) is 111 Å². The molecule has 9 nitrogen and oxygen atoms in total. The third-order valence-corrected chi connectivity index (χ3v) is 6.99. The van der Waals surface area contributed by atoms with Crippen molar-refractivity contribution in [3.8, 4) is 5.75 Å². The van der Waals surface area contributed by atoms with Gasteiger partial charge in [-0.2, -0.15) is 4.31 Å². The van der Waals surface area contributed by atoms with Crippen molar-refractivity contribution in [1.29, 1.82) is 0 Å². The molecule has 0 spiro atoms. The predicted octanol–water partition coefficient (Wildman–Crippen LogP) is 2.07. The van der Waals surface area contributed by atoms with Crippen molar-refractivity contribution < 1.29 is 32.2 Å². The van der Waals surface area contributed by atoms with Crippen molar-refractivity contribution in [2.45, 2.75) is 17.7 Å². The van der Waals surface area contributed by atoms with E-state index in [4.69, 9.17) is 14.2 Å². The lowest BCUT2D eigenvalue weighted by Crippen LogP contribution is -2.40. The zero-order valence-corrected chi connectivity index (χ0v) is 18.8. The molecule has 1 heterocycles. The average Bonchev–Trinajstić information content (AvgIpc) is 2.83. The van der Waals surface area contributed by atoms with Gasteiger partial charge in [-0.15, -0.1) is 0 Å². The van der Waals surface area contributed by atoms with Gasteiger partial charge in [-0.25, -0.2) is 13.2 Å². The minimum absolute atomic E-state index is 0.155. The Labute approximate surface area is 187 Å². The van der Waals surface area contributed by atoms with Gasteiger partial charge in [0.15, 0.2) is 0 Å². The average molecular weight is 463 g/mol. The lowest BCUT2D eigenvalue weighted by Gasteiger charge is -2.26. The van der Waals surface area contributed by atoms with E-state index in [9.17, 15) is 18.0 Å². The molecular weight excluding hydrogens is 436 g/mol. The largest absolute Gasteiger partial charge is 0.497 e. The van der Waals surface area contributed by atoms with Crippen LogP contribution in [0.5, 0.6) is 5.75 Å². The van der Waals surface area contributed by atoms with Gasteiger partial charge in [0.05, 0.1) is 43.6 Å². The van der Waals surface area contributed by atoms with E-state index in [2.05, 4.69) is 5.32 Å². The number of nitrogens with one attached hydrogen (secondary N) is 1. The Hall–Kier alpha value is -2.95. The summed E-state index contributed by atoms with van der Waals surface area (Å²) in [6.45, 7) is 1.45. The third-order valence-electron chi connectivity index (χ3n) is 5.08. The zero-order valence-electron chi connectivity index (χ0n) is 18.0. The molecule has 1 aliphatic rings. The van der Waals surface area contributed by atoms with Crippen LogP contribution < -0.4 is 10.1 Å². The minimum atomic E-state index is -3.55. The number of nitrogens with zero attached hydrogens (tertiary/aromatic N) is 1. The Morgan fingerprint density at radius 1 is 1.06 bits per heavy atom. The van der Waals surface area contributed by atoms with Crippen molar-refractivity contribution in [2.24, 2.45) is 0 Å². The molecule has 1 amide bonds. The van der Waals surface area contributed by atoms with Crippen molar-refractivity contribution in [3.63, 3.8) is 0 Å². The first-order valence-corrected chi connectivity index (χ1v) is 11.5. The second-order valence-electron chi connectivity index (χ2n) is 7.11. The van der Waals surface area contributed by atoms with E-state index < -0.39 is 16.0 Å². The molecule has 0 saturated carbocycles. The number of morpholine rings is 1. The summed E-state index contributed by atoms with van der Waals surface area (Å²) < 4.78 is 41.9. The monoisotopic (exact) mass is 462 g/mol. The summed E-state index contributed by atoms with van der Waals surface area (Å²) in [7, 11) is -0.813. The molecule has 2 aromatic carbocycles. The second kappa shape index (κ2) is 10.6. The molecule has 10 heteroatoms. The van der Waals surface area contributed by atoms with Crippen LogP contribution in [0.2, 0.25) is 0 Å². The number of hydrogen-bond acceptors (Lipinski definition) is 7. The SMILES string of the molecule is COC(=O)c1cc(OC)ccc1NC(=O)CCc1ccc(S(=O)(=O)N2CCOCC2)cc1. The molecule has 3 rings (SSSR count). The molecular formula is C22H26N2O7S. The van der Waals surface area contributed by atoms with E-state index in [-0.39, 0.29) is 22.8 Å². The van der Waals surface area contributed by atoms with Crippen LogP contribution in [0.4, 0.5) is 5.69 Å². The quantitative estimate of drug-likeness (QED) is 0.598. The van der Waals surface area contributed by atoms with Crippen LogP contribution in [-0.2, 0) is 30.7 Å². The van der Waals surface area contributed by atoms with Crippen molar-refractivity contribution in [1.82, 2.24) is 4.31 Å². The molecule has 172 valence electrons. The number of rotatable bonds is 8. The molecule has 0 radical (unpaired) electrons. The van der Waals surface area contributed by atoms with Gasteiger partial charge in [-0.05, 0) is 42.3 Å². The molecule has 0 unspecified atom stereocenters. The number of ether oxygens (including phenoxy) is 3. The summed E-state index contributed by atoms with van der Waals surface area (Å²) in [6.07, 6.45) is 0.565. The van der Waals surface area contributed by atoms with Crippen molar-refractivity contribution >= 4 is 27.6 Å². The van der Waals surface area contributed by atoms with E-state index >= 15 is 0 Å². The first-order valence-electron chi connectivity index (χ1n) is 10.1. The van der Waals surface area contributed by atoms with Gasteiger partial charge in [-0.3, -0.25) is 4.79 Å². The predicted molar refractivity (Wildman–Crippen MR) is 117 cm³/mol. The van der Waals surface area contributed by atoms with Crippen LogP contribution in [0.15, 0.2) is 47.4 Å². The van der Waals surface area contributed by atoms with E-state index in [1.165, 1.54) is 24.6 Å². The normalized spacial score (nSPS) is 14.6. The Balaban J connectivity index is 1.61. The van der Waals surface area contributed by atoms with E-state index in [0.717, 1.165) is 5.56 Å². The van der Waals surface area contributed by atoms with Crippen LogP contribution in [0, 0.1) is 0 Å². The van der Waals surface area contributed by atoms with Crippen molar-refractivity contribution in [2.75, 3.05) is 45.8 Å². The number of carbonyl (C=O) groups is 2. The maximum atomic E-state index is 12.7. The molecule has 0 bridgehead atoms. The van der Waals surface area contributed by atoms with Gasteiger partial charge in [0.1, 0.15) is 5.75 Å². The number of methoxy groups -OCH3 is 2. The number of hydrogen-bond donors (Lipinski definition) is 1. The third kappa shape index (κ3) is 5.64. The number of benzene rings is 2. The Morgan fingerprint density at radius 3 is 2.38 bits per heavy atom. The van der Waals surface area contributed by atoms with Crippen LogP contribution in [0.3, 0.4) is 0 Å². The highest BCUT2D eigenvalue weighted by atomic mass is 32.2. The van der Waals surface area contributed by atoms with Crippen LogP contribution >= 0.6 is 0 Å². The Kier molecular flexibility index (Phi) is 7.84. The van der Waals surface area contributed by atoms with Crippen LogP contribution in [-0.4, -0.2) is 65.1 Å². The molecule has 32 heavy (non-hydrogen) atoms. The molecule has 0 atom stereocenters. The van der Waals surface area contributed by atoms with Crippen LogP contribution in [0.25, 0.3) is 0 Å². The molecule has 1 aliphatic heterocycles. The van der Waals surface area contributed by atoms with Gasteiger partial charge in [0.25, 0.3) is 0 Å². The molecule has 1 fully saturated rings. The van der Waals surface area contributed by atoms with E-state index in [1.54, 1.807) is 36.4 Å². The minimum Gasteiger partial charge on any atom is -0.497 e. The zero-order chi connectivity index (χ0) is 23.1. The lowest BCUT2D eigenvalue weighted by atomic mass is 10.1. The summed E-state index contributed by atoms with van der Waals surface area (Å²) in [5, 5.41) is 2.72. The second-order valence-corrected chi connectivity index (χ2v) is 9.05. The number of aryl methyl sites for hydroxylation is 1. The number of amides is 1. The number of carbonyl (C=O) groups excluding carboxylic acids is 2. The summed E-state index contributed by atoms with van der Waals surface area (Å²) in [5.41, 5.74) is 1.34.